The number of amides is 4. The predicted molar refractivity (Wildman–Crippen MR) is 488 cm³/mol. The highest BCUT2D eigenvalue weighted by molar-refractivity contribution is 7.10. The minimum atomic E-state index is -0.420. The van der Waals surface area contributed by atoms with Gasteiger partial charge in [0.15, 0.2) is 5.78 Å². The van der Waals surface area contributed by atoms with E-state index >= 15 is 0 Å². The number of rotatable bonds is 27. The minimum absolute atomic E-state index is 0.0214. The van der Waals surface area contributed by atoms with Crippen LogP contribution in [0.1, 0.15) is 90.8 Å². The molecule has 9 heterocycles. The van der Waals surface area contributed by atoms with Crippen molar-refractivity contribution in [1.29, 1.82) is 0 Å². The molecule has 0 radical (unpaired) electrons. The molecule has 0 atom stereocenters. The van der Waals surface area contributed by atoms with E-state index < -0.39 is 5.56 Å². The maximum atomic E-state index is 13.6. The van der Waals surface area contributed by atoms with E-state index in [4.69, 9.17) is 41.4 Å². The van der Waals surface area contributed by atoms with E-state index in [1.54, 1.807) is 46.2 Å². The number of aromatic nitrogens is 12. The van der Waals surface area contributed by atoms with Gasteiger partial charge in [-0.25, -0.2) is 4.85 Å². The van der Waals surface area contributed by atoms with Crippen LogP contribution in [0, 0.1) is 24.3 Å². The average Bonchev–Trinajstić information content (AvgIpc) is 1.65. The second-order valence-electron chi connectivity index (χ2n) is 29.5. The Morgan fingerprint density at radius 2 is 1.00 bits per heavy atom. The number of aromatic amines is 4. The number of nitrogens with zero attached hydrogens (tertiary/aromatic N) is 10. The molecule has 16 rings (SSSR count). The number of carbonyl (C=O) groups excluding carboxylic acids is 5. The topological polar surface area (TPSA) is 293 Å². The molecular weight excluding hydrogens is 1640 g/mol. The van der Waals surface area contributed by atoms with E-state index in [0.29, 0.717) is 107 Å². The molecular formula is C96H85Cl3N18O6S. The Bertz CT molecular complexity index is 6480. The number of anilines is 1. The maximum absolute atomic E-state index is 13.6. The minimum Gasteiger partial charge on any atom is -0.373 e. The average molecular weight is 1730 g/mol. The summed E-state index contributed by atoms with van der Waals surface area (Å²) in [4.78, 5) is 82.5. The Kier molecular flexibility index (Phi) is 28.4. The fourth-order valence-corrected chi connectivity index (χ4v) is 15.7. The lowest BCUT2D eigenvalue weighted by Crippen LogP contribution is -2.40. The molecule has 0 aliphatic carbocycles. The van der Waals surface area contributed by atoms with Crippen LogP contribution in [-0.2, 0) is 50.6 Å². The number of likely N-dealkylation sites (tertiary alicyclic amines) is 1. The summed E-state index contributed by atoms with van der Waals surface area (Å²) in [5.74, 6) is 5.71. The number of hydrogen-bond donors (Lipinski definition) is 8. The molecule has 4 amide bonds. The molecule has 28 heteroatoms. The number of halogens is 3. The van der Waals surface area contributed by atoms with E-state index in [9.17, 15) is 28.8 Å². The van der Waals surface area contributed by atoms with Gasteiger partial charge in [0.1, 0.15) is 22.1 Å². The Labute approximate surface area is 734 Å². The number of piperidine rings is 1. The van der Waals surface area contributed by atoms with Crippen LogP contribution in [-0.4, -0.2) is 112 Å². The van der Waals surface area contributed by atoms with E-state index in [1.807, 2.05) is 259 Å². The van der Waals surface area contributed by atoms with E-state index in [2.05, 4.69) is 84.6 Å². The highest BCUT2D eigenvalue weighted by Crippen LogP contribution is 2.39. The zero-order chi connectivity index (χ0) is 86.4. The van der Waals surface area contributed by atoms with Crippen molar-refractivity contribution in [3.8, 4) is 79.0 Å². The highest BCUT2D eigenvalue weighted by atomic mass is 35.5. The molecule has 7 aromatic carbocycles. The van der Waals surface area contributed by atoms with Crippen LogP contribution < -0.4 is 26.8 Å². The van der Waals surface area contributed by atoms with Crippen molar-refractivity contribution in [2.24, 2.45) is 5.92 Å². The van der Waals surface area contributed by atoms with Crippen LogP contribution in [0.3, 0.4) is 0 Å². The third kappa shape index (κ3) is 21.6. The SMILES string of the molecule is C=C(Cn1cccn1)C(=O)N1CCC(Cn2cc(-c3[nH]ncc3-c3ccccc3Cl)cc2C(=O)NCc2ccccc2)CC1.CC(C)=CC(=O)c1ccc(Cn2cc(-c3[nH]ncc3-c3ccccc3Cl)cc2C(=O)NCc2ccccc2)cc1.[C-]#[N+]c1c(NCC#CCn2cc(-c3[nH]ncc3-c3ccccc3Cl)cc2C(=O)NCc2ccccc2)s[nH]c1=O. The third-order valence-electron chi connectivity index (χ3n) is 20.6. The fraction of sp³-hybridized carbons (Fsp3) is 0.156. The van der Waals surface area contributed by atoms with E-state index in [0.717, 1.165) is 119 Å². The van der Waals surface area contributed by atoms with Crippen molar-refractivity contribution in [1.82, 2.24) is 79.3 Å². The maximum Gasteiger partial charge on any atom is 0.284 e. The lowest BCUT2D eigenvalue weighted by molar-refractivity contribution is -0.128. The van der Waals surface area contributed by atoms with Crippen molar-refractivity contribution in [3.05, 3.63) is 367 Å². The Morgan fingerprint density at radius 3 is 1.45 bits per heavy atom. The lowest BCUT2D eigenvalue weighted by Gasteiger charge is -2.33. The van der Waals surface area contributed by atoms with Crippen LogP contribution in [0.15, 0.2) is 290 Å². The summed E-state index contributed by atoms with van der Waals surface area (Å²) in [5, 5.41) is 40.6. The second kappa shape index (κ2) is 41.1. The molecule has 1 saturated heterocycles. The summed E-state index contributed by atoms with van der Waals surface area (Å²) < 4.78 is 9.96. The monoisotopic (exact) mass is 1720 g/mol. The first-order valence-corrected chi connectivity index (χ1v) is 41.8. The number of hydrogen-bond acceptors (Lipinski definition) is 12. The van der Waals surface area contributed by atoms with E-state index in [1.165, 1.54) is 0 Å². The fourth-order valence-electron chi connectivity index (χ4n) is 14.3. The highest BCUT2D eigenvalue weighted by Gasteiger charge is 2.29. The summed E-state index contributed by atoms with van der Waals surface area (Å²) in [6, 6.07) is 66.9. The second-order valence-corrected chi connectivity index (χ2v) is 31.6. The molecule has 0 saturated carbocycles. The summed E-state index contributed by atoms with van der Waals surface area (Å²) in [5.41, 5.74) is 17.0. The Balaban J connectivity index is 0.000000152. The number of carbonyl (C=O) groups is 5. The summed E-state index contributed by atoms with van der Waals surface area (Å²) in [6.07, 6.45) is 17.8. The van der Waals surface area contributed by atoms with Crippen LogP contribution in [0.4, 0.5) is 10.7 Å². The van der Waals surface area contributed by atoms with Crippen LogP contribution in [0.2, 0.25) is 15.1 Å². The molecule has 124 heavy (non-hydrogen) atoms. The van der Waals surface area contributed by atoms with Crippen LogP contribution in [0.25, 0.3) is 72.0 Å². The third-order valence-corrected chi connectivity index (χ3v) is 22.5. The van der Waals surface area contributed by atoms with Crippen molar-refractivity contribution >= 4 is 86.4 Å². The summed E-state index contributed by atoms with van der Waals surface area (Å²) in [7, 11) is 0. The van der Waals surface area contributed by atoms with Crippen LogP contribution >= 0.6 is 46.3 Å². The largest absolute Gasteiger partial charge is 0.373 e. The Hall–Kier alpha value is -14.6. The molecule has 24 nitrogen and oxygen atoms in total. The van der Waals surface area contributed by atoms with Gasteiger partial charge in [0.25, 0.3) is 34.9 Å². The van der Waals surface area contributed by atoms with Gasteiger partial charge < -0.3 is 39.9 Å². The first-order valence-electron chi connectivity index (χ1n) is 39.8. The van der Waals surface area contributed by atoms with Gasteiger partial charge in [-0.15, -0.1) is 0 Å². The smallest absolute Gasteiger partial charge is 0.284 e. The first kappa shape index (κ1) is 85.8. The molecule has 622 valence electrons. The molecule has 8 aromatic heterocycles. The molecule has 0 spiro atoms. The van der Waals surface area contributed by atoms with Gasteiger partial charge in [0.05, 0.1) is 61.9 Å². The predicted octanol–water partition coefficient (Wildman–Crippen LogP) is 18.7. The van der Waals surface area contributed by atoms with Gasteiger partial charge >= 0.3 is 0 Å². The molecule has 1 aliphatic heterocycles. The van der Waals surface area contributed by atoms with Crippen molar-refractivity contribution in [2.75, 3.05) is 25.0 Å². The van der Waals surface area contributed by atoms with Gasteiger partial charge in [-0.1, -0.05) is 240 Å². The van der Waals surface area contributed by atoms with Crippen molar-refractivity contribution in [3.63, 3.8) is 0 Å². The summed E-state index contributed by atoms with van der Waals surface area (Å²) in [6.45, 7) is 19.4. The quantitative estimate of drug-likeness (QED) is 0.0104. The van der Waals surface area contributed by atoms with E-state index in [-0.39, 0.29) is 48.2 Å². The number of allylic oxidation sites excluding steroid dienone is 2. The van der Waals surface area contributed by atoms with Gasteiger partial charge in [-0.05, 0) is 103 Å². The number of benzene rings is 7. The molecule has 1 fully saturated rings. The van der Waals surface area contributed by atoms with Crippen molar-refractivity contribution in [2.45, 2.75) is 72.5 Å². The number of ketones is 1. The molecule has 1 aliphatic rings. The number of H-pyrrole nitrogens is 4. The van der Waals surface area contributed by atoms with Gasteiger partial charge in [0.2, 0.25) is 0 Å². The van der Waals surface area contributed by atoms with Crippen LogP contribution in [0.5, 0.6) is 0 Å². The van der Waals surface area contributed by atoms with Gasteiger partial charge in [-0.3, -0.25) is 53.1 Å². The zero-order valence-corrected chi connectivity index (χ0v) is 70.7. The Morgan fingerprint density at radius 1 is 0.556 bits per heavy atom. The molecule has 15 aromatic rings. The zero-order valence-electron chi connectivity index (χ0n) is 67.6. The van der Waals surface area contributed by atoms with Crippen molar-refractivity contribution < 1.29 is 24.0 Å². The molecule has 0 bridgehead atoms. The number of nitrogens with one attached hydrogen (secondary N) is 8. The first-order chi connectivity index (χ1) is 60.4. The summed E-state index contributed by atoms with van der Waals surface area (Å²) >= 11 is 20.5. The standard InChI is InChI=1S/C34H34ClN7O2.C33H29ClN4O2.C29H22ClN7O2S/c1-24(21-42-15-7-14-38-42)34(44)40-16-12-26(13-17-40)22-41-23-27(18-31(41)33(43)36-19-25-8-3-2-4-9-25)32-29(20-37-39-32)28-10-5-6-11-30(28)35;1-22(2)16-31(39)25-14-12-24(13-15-25)20-38-21-26(17-30(38)33(40)35-18-23-8-4-3-5-9-23)32-28(19-36-37-32)27-10-6-7-11-29(27)34;1-31-26-28(39)36-40-29(26)32-13-7-8-14-37-18-20(15-24(37)27(38)33-16-19-9-3-2-4-10-19)25-22(17-34-35-25)21-11-5-6-12-23(21)30/h2-11,14-15,18,20,23,26H,1,12-13,16-17,19,21-22H2,(H,36,43)(H,37,39);3-17,19,21H,18,20H2,1-2H3,(H,35,40)(H,36,37);2-6,9-12,15,17-18,32H,13-14,16H2,(H,33,38)(H,34,35)(H,36,39). The van der Waals surface area contributed by atoms with Gasteiger partial charge in [0, 0.05) is 153 Å². The molecule has 0 unspecified atom stereocenters. The normalized spacial score (nSPS) is 11.7. The van der Waals surface area contributed by atoms with Gasteiger partial charge in [-0.2, -0.15) is 20.4 Å². The molecule has 8 N–H and O–H groups in total. The lowest BCUT2D eigenvalue weighted by atomic mass is 9.96.